The van der Waals surface area contributed by atoms with Crippen molar-refractivity contribution in [2.24, 2.45) is 0 Å². The van der Waals surface area contributed by atoms with Crippen molar-refractivity contribution in [2.75, 3.05) is 51.8 Å². The Morgan fingerprint density at radius 1 is 1.08 bits per heavy atom. The van der Waals surface area contributed by atoms with Crippen LogP contribution in [0, 0.1) is 0 Å². The summed E-state index contributed by atoms with van der Waals surface area (Å²) in [5.41, 5.74) is 1.67. The Labute approximate surface area is 220 Å². The van der Waals surface area contributed by atoms with Gasteiger partial charge in [-0.25, -0.2) is 0 Å². The summed E-state index contributed by atoms with van der Waals surface area (Å²) < 4.78 is 17.4. The molecule has 10 nitrogen and oxygen atoms in total. The maximum absolute atomic E-state index is 13.6. The molecule has 3 aliphatic rings. The molecule has 11 heteroatoms. The minimum Gasteiger partial charge on any atom is -0.485 e. The number of likely N-dealkylation sites (tertiary alicyclic amines) is 2. The molecule has 3 aliphatic heterocycles. The van der Waals surface area contributed by atoms with Gasteiger partial charge in [-0.05, 0) is 50.9 Å². The maximum Gasteiger partial charge on any atom is 0.257 e. The number of rotatable bonds is 5. The molecule has 2 N–H and O–H groups in total. The molecule has 1 amide bonds. The fourth-order valence-corrected chi connectivity index (χ4v) is 5.80. The van der Waals surface area contributed by atoms with E-state index in [-0.39, 0.29) is 5.91 Å². The van der Waals surface area contributed by atoms with E-state index in [2.05, 4.69) is 25.2 Å². The first-order valence-electron chi connectivity index (χ1n) is 12.9. The molecule has 2 aromatic heterocycles. The summed E-state index contributed by atoms with van der Waals surface area (Å²) in [6, 6.07) is 4.17. The van der Waals surface area contributed by atoms with Gasteiger partial charge in [-0.2, -0.15) is 9.97 Å². The van der Waals surface area contributed by atoms with E-state index >= 15 is 0 Å². The lowest BCUT2D eigenvalue weighted by Gasteiger charge is -2.40. The number of nitrogens with zero attached hydrogens (tertiary/aromatic N) is 4. The van der Waals surface area contributed by atoms with Gasteiger partial charge >= 0.3 is 0 Å². The average Bonchev–Trinajstić information content (AvgIpc) is 3.33. The van der Waals surface area contributed by atoms with Crippen molar-refractivity contribution in [3.63, 3.8) is 0 Å². The van der Waals surface area contributed by atoms with Crippen LogP contribution in [0.2, 0.25) is 5.02 Å². The average molecular weight is 527 g/mol. The maximum atomic E-state index is 13.6. The van der Waals surface area contributed by atoms with Gasteiger partial charge < -0.3 is 34.3 Å². The minimum atomic E-state index is -0.0224. The smallest absolute Gasteiger partial charge is 0.257 e. The van der Waals surface area contributed by atoms with Gasteiger partial charge in [0.25, 0.3) is 5.91 Å². The highest BCUT2D eigenvalue weighted by atomic mass is 35.5. The van der Waals surface area contributed by atoms with Crippen LogP contribution in [0.5, 0.6) is 17.4 Å². The molecule has 1 aromatic carbocycles. The number of anilines is 2. The van der Waals surface area contributed by atoms with Crippen molar-refractivity contribution in [2.45, 2.75) is 38.1 Å². The summed E-state index contributed by atoms with van der Waals surface area (Å²) in [5.74, 6) is 1.57. The lowest BCUT2D eigenvalue weighted by atomic mass is 9.99. The molecule has 0 atom stereocenters. The van der Waals surface area contributed by atoms with Crippen molar-refractivity contribution in [1.29, 1.82) is 0 Å². The first-order valence-corrected chi connectivity index (χ1v) is 13.3. The Hall–Kier alpha value is -3.24. The molecule has 0 radical (unpaired) electrons. The topological polar surface area (TPSA) is 105 Å². The lowest BCUT2D eigenvalue weighted by Crippen LogP contribution is -2.48. The predicted octanol–water partition coefficient (Wildman–Crippen LogP) is 4.23. The van der Waals surface area contributed by atoms with Gasteiger partial charge in [0, 0.05) is 25.3 Å². The highest BCUT2D eigenvalue weighted by Gasteiger charge is 2.31. The Bertz CT molecular complexity index is 1300. The van der Waals surface area contributed by atoms with Gasteiger partial charge in [0.05, 0.1) is 28.8 Å². The van der Waals surface area contributed by atoms with E-state index in [1.165, 1.54) is 39.5 Å². The van der Waals surface area contributed by atoms with E-state index in [9.17, 15) is 4.79 Å². The molecular weight excluding hydrogens is 496 g/mol. The highest BCUT2D eigenvalue weighted by Crippen LogP contribution is 2.42. The number of ether oxygens (including phenoxy) is 3. The molecule has 0 unspecified atom stereocenters. The van der Waals surface area contributed by atoms with Gasteiger partial charge in [-0.1, -0.05) is 18.0 Å². The number of benzene rings is 1. The monoisotopic (exact) mass is 526 g/mol. The largest absolute Gasteiger partial charge is 0.485 e. The molecule has 196 valence electrons. The number of piperidine rings is 2. The minimum absolute atomic E-state index is 0.0224. The number of hydrogen-bond donors (Lipinski definition) is 2. The van der Waals surface area contributed by atoms with Crippen LogP contribution in [0.1, 0.15) is 42.5 Å². The fraction of sp³-hybridized carbons (Fsp3) is 0.500. The summed E-state index contributed by atoms with van der Waals surface area (Å²) >= 11 is 6.24. The third kappa shape index (κ3) is 4.64. The zero-order valence-electron chi connectivity index (χ0n) is 20.9. The number of carbonyl (C=O) groups is 1. The van der Waals surface area contributed by atoms with Crippen molar-refractivity contribution >= 4 is 40.2 Å². The first kappa shape index (κ1) is 24.1. The Kier molecular flexibility index (Phi) is 6.69. The lowest BCUT2D eigenvalue weighted by molar-refractivity contribution is 0.0582. The van der Waals surface area contributed by atoms with Gasteiger partial charge in [-0.15, -0.1) is 0 Å². The molecule has 37 heavy (non-hydrogen) atoms. The quantitative estimate of drug-likeness (QED) is 0.509. The summed E-state index contributed by atoms with van der Waals surface area (Å²) in [6.45, 7) is 4.64. The normalized spacial score (nSPS) is 18.7. The van der Waals surface area contributed by atoms with Crippen LogP contribution in [-0.4, -0.2) is 83.2 Å². The molecule has 3 aromatic rings. The van der Waals surface area contributed by atoms with Crippen molar-refractivity contribution in [3.05, 3.63) is 28.9 Å². The first-order chi connectivity index (χ1) is 18.1. The Morgan fingerprint density at radius 2 is 1.84 bits per heavy atom. The van der Waals surface area contributed by atoms with Crippen molar-refractivity contribution in [3.8, 4) is 17.4 Å². The van der Waals surface area contributed by atoms with Gasteiger partial charge in [-0.3, -0.25) is 4.79 Å². The molecule has 5 heterocycles. The number of nitrogens with one attached hydrogen (secondary N) is 2. The fourth-order valence-electron chi connectivity index (χ4n) is 5.58. The van der Waals surface area contributed by atoms with Crippen LogP contribution in [0.3, 0.4) is 0 Å². The third-order valence-corrected chi connectivity index (χ3v) is 7.77. The van der Waals surface area contributed by atoms with Gasteiger partial charge in [0.1, 0.15) is 18.9 Å². The van der Waals surface area contributed by atoms with Crippen LogP contribution < -0.4 is 19.5 Å². The number of aromatic nitrogens is 3. The standard InChI is InChI=1S/C26H31ClN6O4/c1-35-24-20-18(27)15-28-23(20)30-26(31-24)29-19-6-5-17(21-22(19)37-14-13-36-21)25(34)33-11-7-16(8-12-33)32-9-3-2-4-10-32/h5-6,15-16H,2-4,7-14H2,1H3,(H2,28,29,30,31). The number of fused-ring (bicyclic) bond motifs is 2. The Balaban J connectivity index is 1.22. The molecule has 2 saturated heterocycles. The number of H-pyrrole nitrogens is 1. The zero-order chi connectivity index (χ0) is 25.4. The van der Waals surface area contributed by atoms with Crippen LogP contribution in [-0.2, 0) is 0 Å². The number of aromatic amines is 1. The van der Waals surface area contributed by atoms with Crippen LogP contribution in [0.15, 0.2) is 18.3 Å². The SMILES string of the molecule is COc1nc(Nc2ccc(C(=O)N3CCC(N4CCCCC4)CC3)c3c2OCCO3)nc2[nH]cc(Cl)c12. The summed E-state index contributed by atoms with van der Waals surface area (Å²) in [5, 5.41) is 4.29. The summed E-state index contributed by atoms with van der Waals surface area (Å²) in [7, 11) is 1.53. The van der Waals surface area contributed by atoms with Gasteiger partial charge in [0.2, 0.25) is 11.8 Å². The molecular formula is C26H31ClN6O4. The van der Waals surface area contributed by atoms with E-state index in [0.29, 0.717) is 69.9 Å². The van der Waals surface area contributed by atoms with Gasteiger partial charge in [0.15, 0.2) is 11.5 Å². The van der Waals surface area contributed by atoms with E-state index in [4.69, 9.17) is 25.8 Å². The second kappa shape index (κ2) is 10.3. The van der Waals surface area contributed by atoms with Crippen molar-refractivity contribution < 1.29 is 19.0 Å². The Morgan fingerprint density at radius 3 is 2.59 bits per heavy atom. The number of amides is 1. The summed E-state index contributed by atoms with van der Waals surface area (Å²) in [6.07, 6.45) is 7.56. The van der Waals surface area contributed by atoms with E-state index in [1.807, 2.05) is 11.0 Å². The summed E-state index contributed by atoms with van der Waals surface area (Å²) in [4.78, 5) is 30.1. The molecule has 2 fully saturated rings. The molecule has 0 spiro atoms. The van der Waals surface area contributed by atoms with Crippen LogP contribution >= 0.6 is 11.6 Å². The van der Waals surface area contributed by atoms with E-state index < -0.39 is 0 Å². The number of halogens is 1. The van der Waals surface area contributed by atoms with E-state index in [1.54, 1.807) is 12.3 Å². The van der Waals surface area contributed by atoms with Crippen LogP contribution in [0.4, 0.5) is 11.6 Å². The van der Waals surface area contributed by atoms with E-state index in [0.717, 1.165) is 25.9 Å². The van der Waals surface area contributed by atoms with Crippen LogP contribution in [0.25, 0.3) is 11.0 Å². The second-order valence-electron chi connectivity index (χ2n) is 9.68. The highest BCUT2D eigenvalue weighted by molar-refractivity contribution is 6.35. The predicted molar refractivity (Wildman–Crippen MR) is 141 cm³/mol. The molecule has 0 bridgehead atoms. The molecule has 0 saturated carbocycles. The number of hydrogen-bond acceptors (Lipinski definition) is 8. The second-order valence-corrected chi connectivity index (χ2v) is 10.1. The third-order valence-electron chi connectivity index (χ3n) is 7.47. The number of methoxy groups -OCH3 is 1. The zero-order valence-corrected chi connectivity index (χ0v) is 21.6. The number of carbonyl (C=O) groups excluding carboxylic acids is 1. The molecule has 0 aliphatic carbocycles. The molecule has 6 rings (SSSR count). The van der Waals surface area contributed by atoms with Crippen molar-refractivity contribution in [1.82, 2.24) is 24.8 Å².